The van der Waals surface area contributed by atoms with E-state index in [1.807, 2.05) is 84.9 Å². The SMILES string of the molecule is C(=N/Nc1nnc(-c2ccccc2)c(-c2ccccc2)c1-c1ccccc1)/c1ccccc1. The minimum Gasteiger partial charge on any atom is -0.259 e. The summed E-state index contributed by atoms with van der Waals surface area (Å²) < 4.78 is 0. The second-order valence-corrected chi connectivity index (χ2v) is 7.53. The lowest BCUT2D eigenvalue weighted by atomic mass is 9.91. The van der Waals surface area contributed by atoms with Crippen molar-refractivity contribution < 1.29 is 0 Å². The average Bonchev–Trinajstić information content (AvgIpc) is 2.90. The van der Waals surface area contributed by atoms with Crippen LogP contribution >= 0.6 is 0 Å². The predicted octanol–water partition coefficient (Wildman–Crippen LogP) is 6.92. The Morgan fingerprint density at radius 1 is 0.515 bits per heavy atom. The van der Waals surface area contributed by atoms with E-state index in [1.165, 1.54) is 0 Å². The summed E-state index contributed by atoms with van der Waals surface area (Å²) in [6.07, 6.45) is 1.78. The van der Waals surface area contributed by atoms with Crippen LogP contribution in [0.1, 0.15) is 5.56 Å². The maximum atomic E-state index is 4.65. The molecule has 0 aliphatic carbocycles. The molecule has 0 spiro atoms. The van der Waals surface area contributed by atoms with Gasteiger partial charge in [-0.05, 0) is 16.7 Å². The van der Waals surface area contributed by atoms with E-state index in [1.54, 1.807) is 6.21 Å². The van der Waals surface area contributed by atoms with Crippen molar-refractivity contribution in [1.82, 2.24) is 10.2 Å². The van der Waals surface area contributed by atoms with Crippen molar-refractivity contribution in [2.45, 2.75) is 0 Å². The van der Waals surface area contributed by atoms with Crippen LogP contribution in [0, 0.1) is 0 Å². The monoisotopic (exact) mass is 426 g/mol. The molecular weight excluding hydrogens is 404 g/mol. The van der Waals surface area contributed by atoms with Crippen LogP contribution in [0.25, 0.3) is 33.5 Å². The molecule has 1 aromatic heterocycles. The molecule has 0 aliphatic rings. The predicted molar refractivity (Wildman–Crippen MR) is 136 cm³/mol. The lowest BCUT2D eigenvalue weighted by Gasteiger charge is -2.17. The average molecular weight is 427 g/mol. The van der Waals surface area contributed by atoms with Gasteiger partial charge in [0.05, 0.1) is 6.21 Å². The summed E-state index contributed by atoms with van der Waals surface area (Å²) in [7, 11) is 0. The van der Waals surface area contributed by atoms with Gasteiger partial charge in [-0.2, -0.15) is 5.10 Å². The Labute approximate surface area is 193 Å². The highest BCUT2D eigenvalue weighted by Crippen LogP contribution is 2.41. The zero-order chi connectivity index (χ0) is 22.3. The molecular formula is C29H22N4. The van der Waals surface area contributed by atoms with Crippen LogP contribution < -0.4 is 5.43 Å². The molecule has 1 N–H and O–H groups in total. The highest BCUT2D eigenvalue weighted by atomic mass is 15.3. The van der Waals surface area contributed by atoms with Gasteiger partial charge >= 0.3 is 0 Å². The van der Waals surface area contributed by atoms with Gasteiger partial charge in [0.15, 0.2) is 5.82 Å². The molecule has 0 fully saturated rings. The van der Waals surface area contributed by atoms with Crippen LogP contribution in [-0.2, 0) is 0 Å². The van der Waals surface area contributed by atoms with Crippen LogP contribution in [0.5, 0.6) is 0 Å². The first-order valence-electron chi connectivity index (χ1n) is 10.8. The summed E-state index contributed by atoms with van der Waals surface area (Å²) in [5.41, 5.74) is 10.1. The third kappa shape index (κ3) is 4.55. The quantitative estimate of drug-likeness (QED) is 0.237. The number of hydrogen-bond donors (Lipinski definition) is 1. The number of anilines is 1. The Bertz CT molecular complexity index is 1350. The van der Waals surface area contributed by atoms with Gasteiger partial charge in [-0.3, -0.25) is 5.43 Å². The fourth-order valence-corrected chi connectivity index (χ4v) is 3.79. The smallest absolute Gasteiger partial charge is 0.177 e. The Morgan fingerprint density at radius 3 is 1.58 bits per heavy atom. The van der Waals surface area contributed by atoms with Gasteiger partial charge < -0.3 is 0 Å². The molecule has 0 unspecified atom stereocenters. The molecule has 5 rings (SSSR count). The molecule has 4 aromatic carbocycles. The second kappa shape index (κ2) is 9.71. The van der Waals surface area contributed by atoms with Gasteiger partial charge in [0.2, 0.25) is 0 Å². The van der Waals surface area contributed by atoms with E-state index in [9.17, 15) is 0 Å². The van der Waals surface area contributed by atoms with E-state index in [4.69, 9.17) is 0 Å². The first-order valence-corrected chi connectivity index (χ1v) is 10.8. The van der Waals surface area contributed by atoms with Crippen molar-refractivity contribution in [2.75, 3.05) is 5.43 Å². The molecule has 0 radical (unpaired) electrons. The number of nitrogens with one attached hydrogen (secondary N) is 1. The van der Waals surface area contributed by atoms with Crippen molar-refractivity contribution in [1.29, 1.82) is 0 Å². The van der Waals surface area contributed by atoms with Gasteiger partial charge in [-0.25, -0.2) is 0 Å². The number of rotatable bonds is 6. The van der Waals surface area contributed by atoms with Crippen molar-refractivity contribution in [2.24, 2.45) is 5.10 Å². The summed E-state index contributed by atoms with van der Waals surface area (Å²) in [6, 6.07) is 40.7. The Kier molecular flexibility index (Phi) is 5.98. The number of hydrogen-bond acceptors (Lipinski definition) is 4. The number of hydrazone groups is 1. The van der Waals surface area contributed by atoms with Crippen molar-refractivity contribution in [3.8, 4) is 33.5 Å². The van der Waals surface area contributed by atoms with E-state index in [2.05, 4.69) is 57.1 Å². The maximum Gasteiger partial charge on any atom is 0.177 e. The third-order valence-electron chi connectivity index (χ3n) is 5.33. The molecule has 33 heavy (non-hydrogen) atoms. The van der Waals surface area contributed by atoms with E-state index >= 15 is 0 Å². The van der Waals surface area contributed by atoms with E-state index in [-0.39, 0.29) is 0 Å². The van der Waals surface area contributed by atoms with Crippen molar-refractivity contribution in [3.63, 3.8) is 0 Å². The fourth-order valence-electron chi connectivity index (χ4n) is 3.79. The third-order valence-corrected chi connectivity index (χ3v) is 5.33. The minimum atomic E-state index is 0.604. The van der Waals surface area contributed by atoms with Gasteiger partial charge in [0.1, 0.15) is 5.69 Å². The van der Waals surface area contributed by atoms with Crippen LogP contribution in [0.15, 0.2) is 126 Å². The summed E-state index contributed by atoms with van der Waals surface area (Å²) in [5, 5.41) is 13.7. The van der Waals surface area contributed by atoms with Crippen LogP contribution in [0.3, 0.4) is 0 Å². The fraction of sp³-hybridized carbons (Fsp3) is 0. The van der Waals surface area contributed by atoms with Gasteiger partial charge in [0.25, 0.3) is 0 Å². The van der Waals surface area contributed by atoms with Crippen LogP contribution in [-0.4, -0.2) is 16.4 Å². The minimum absolute atomic E-state index is 0.604. The molecule has 0 atom stereocenters. The summed E-state index contributed by atoms with van der Waals surface area (Å²) >= 11 is 0. The first kappa shape index (κ1) is 20.3. The maximum absolute atomic E-state index is 4.65. The number of nitrogens with zero attached hydrogens (tertiary/aromatic N) is 3. The largest absolute Gasteiger partial charge is 0.259 e. The number of benzene rings is 4. The summed E-state index contributed by atoms with van der Waals surface area (Å²) in [5.74, 6) is 0.604. The highest BCUT2D eigenvalue weighted by Gasteiger charge is 2.20. The molecule has 0 saturated heterocycles. The molecule has 0 aliphatic heterocycles. The van der Waals surface area contributed by atoms with Crippen molar-refractivity contribution >= 4 is 12.0 Å². The van der Waals surface area contributed by atoms with E-state index in [0.29, 0.717) is 5.82 Å². The lowest BCUT2D eigenvalue weighted by Crippen LogP contribution is -2.03. The molecule has 0 amide bonds. The summed E-state index contributed by atoms with van der Waals surface area (Å²) in [6.45, 7) is 0. The van der Waals surface area contributed by atoms with Gasteiger partial charge in [-0.15, -0.1) is 10.2 Å². The van der Waals surface area contributed by atoms with E-state index in [0.717, 1.165) is 39.1 Å². The van der Waals surface area contributed by atoms with Gasteiger partial charge in [-0.1, -0.05) is 121 Å². The molecule has 4 nitrogen and oxygen atoms in total. The zero-order valence-corrected chi connectivity index (χ0v) is 18.0. The van der Waals surface area contributed by atoms with Crippen LogP contribution in [0.4, 0.5) is 5.82 Å². The normalized spacial score (nSPS) is 10.9. The second-order valence-electron chi connectivity index (χ2n) is 7.53. The zero-order valence-electron chi connectivity index (χ0n) is 18.0. The highest BCUT2D eigenvalue weighted by molar-refractivity contribution is 5.97. The van der Waals surface area contributed by atoms with Crippen LogP contribution in [0.2, 0.25) is 0 Å². The molecule has 0 bridgehead atoms. The first-order chi connectivity index (χ1) is 16.4. The summed E-state index contributed by atoms with van der Waals surface area (Å²) in [4.78, 5) is 0. The standard InChI is InChI=1S/C29H22N4/c1-5-13-22(14-6-1)21-30-32-29-27(24-17-9-3-10-18-24)26(23-15-7-2-8-16-23)28(31-33-29)25-19-11-4-12-20-25/h1-21H,(H,32,33)/b30-21-. The Hall–Kier alpha value is -4.57. The molecule has 158 valence electrons. The Balaban J connectivity index is 1.71. The Morgan fingerprint density at radius 2 is 1.00 bits per heavy atom. The molecule has 5 aromatic rings. The molecule has 1 heterocycles. The molecule has 4 heteroatoms. The van der Waals surface area contributed by atoms with E-state index < -0.39 is 0 Å². The number of aromatic nitrogens is 2. The van der Waals surface area contributed by atoms with Gasteiger partial charge in [0, 0.05) is 16.7 Å². The van der Waals surface area contributed by atoms with Crippen molar-refractivity contribution in [3.05, 3.63) is 127 Å². The lowest BCUT2D eigenvalue weighted by molar-refractivity contribution is 1.03. The topological polar surface area (TPSA) is 50.2 Å². The molecule has 0 saturated carbocycles.